The number of hydrogen-bond donors (Lipinski definition) is 2. The second-order valence-electron chi connectivity index (χ2n) is 19.2. The Balaban J connectivity index is -0.00000259. The number of rotatable bonds is 41. The standard InChI is InChI=1S/C46H94N2O6.2C2HF3O2/c1-7-9-11-13-15-17-21-25-29-33-37-47(3,4)43(41-49)45(51)53-39-35-31-27-23-19-20-24-28-32-36-40-54-46(52)44(42-50)48(5,6)38-34-30-26-22-18-16-14-12-10-8-2;2*3-2(4,5)1(6)7/h43-44,49-50H,7-42H2,1-6H3;2*(H,6,7)/q+2;;/p-2/t43-,44-;;/m0../s1. The van der Waals surface area contributed by atoms with Crippen molar-refractivity contribution in [2.75, 3.05) is 67.7 Å². The van der Waals surface area contributed by atoms with Crippen LogP contribution in [0.2, 0.25) is 0 Å². The summed E-state index contributed by atoms with van der Waals surface area (Å²) in [7, 11) is 8.16. The number of carboxylic acids is 2. The van der Waals surface area contributed by atoms with Gasteiger partial charge in [0.15, 0.2) is 0 Å². The van der Waals surface area contributed by atoms with Gasteiger partial charge < -0.3 is 48.5 Å². The first kappa shape index (κ1) is 69.6. The van der Waals surface area contributed by atoms with Crippen LogP contribution in [0, 0.1) is 0 Å². The molecular weight excluding hydrogens is 903 g/mol. The van der Waals surface area contributed by atoms with Gasteiger partial charge in [-0.2, -0.15) is 26.3 Å². The Kier molecular flexibility index (Phi) is 44.1. The third kappa shape index (κ3) is 42.2. The number of aliphatic hydroxyl groups excluding tert-OH is 2. The molecular formula is C50H94F6N2O10. The van der Waals surface area contributed by atoms with Crippen LogP contribution in [0.5, 0.6) is 0 Å². The van der Waals surface area contributed by atoms with Crippen LogP contribution >= 0.6 is 0 Å². The van der Waals surface area contributed by atoms with Crippen molar-refractivity contribution in [3.63, 3.8) is 0 Å². The Bertz CT molecular complexity index is 1150. The number of esters is 2. The molecule has 0 aromatic carbocycles. The minimum absolute atomic E-state index is 0.170. The number of likely N-dealkylation sites (N-methyl/N-ethyl adjacent to an activating group) is 2. The lowest BCUT2D eigenvalue weighted by Crippen LogP contribution is -2.55. The van der Waals surface area contributed by atoms with E-state index in [0.717, 1.165) is 64.5 Å². The summed E-state index contributed by atoms with van der Waals surface area (Å²) >= 11 is 0. The SMILES string of the molecule is CCCCCCCCCCCC[N+](C)(C)[C@@H](CO)C(=O)OCCCCCCCCCCCCOC(=O)[C@H](CO)[N+](C)(C)CCCCCCCCCCCC.O=C([O-])C(F)(F)F.O=C([O-])C(F)(F)F. The van der Waals surface area contributed by atoms with Crippen LogP contribution in [0.15, 0.2) is 0 Å². The molecule has 0 radical (unpaired) electrons. The molecule has 0 aromatic rings. The average molecular weight is 997 g/mol. The zero-order valence-corrected chi connectivity index (χ0v) is 42.9. The molecule has 0 bridgehead atoms. The number of carbonyl (C=O) groups is 4. The molecule has 2 N–H and O–H groups in total. The van der Waals surface area contributed by atoms with E-state index in [-0.39, 0.29) is 25.2 Å². The zero-order valence-electron chi connectivity index (χ0n) is 42.9. The maximum Gasteiger partial charge on any atom is 0.430 e. The van der Waals surface area contributed by atoms with E-state index < -0.39 is 36.4 Å². The maximum atomic E-state index is 12.8. The van der Waals surface area contributed by atoms with Gasteiger partial charge in [-0.3, -0.25) is 0 Å². The number of hydrogen-bond acceptors (Lipinski definition) is 10. The molecule has 0 amide bonds. The highest BCUT2D eigenvalue weighted by Gasteiger charge is 2.36. The number of carboxylic acid groups (broad SMARTS) is 2. The molecule has 406 valence electrons. The molecule has 0 saturated heterocycles. The van der Waals surface area contributed by atoms with E-state index >= 15 is 0 Å². The van der Waals surface area contributed by atoms with Gasteiger partial charge in [0.1, 0.15) is 25.2 Å². The summed E-state index contributed by atoms with van der Waals surface area (Å²) in [6.45, 7) is 6.82. The predicted molar refractivity (Wildman–Crippen MR) is 250 cm³/mol. The van der Waals surface area contributed by atoms with Crippen molar-refractivity contribution in [3.05, 3.63) is 0 Å². The Morgan fingerprint density at radius 3 is 0.794 bits per heavy atom. The van der Waals surface area contributed by atoms with Crippen molar-refractivity contribution in [3.8, 4) is 0 Å². The van der Waals surface area contributed by atoms with E-state index in [1.54, 1.807) is 0 Å². The van der Waals surface area contributed by atoms with Crippen LogP contribution in [0.25, 0.3) is 0 Å². The Labute approximate surface area is 406 Å². The normalized spacial score (nSPS) is 12.9. The van der Waals surface area contributed by atoms with Crippen LogP contribution in [0.3, 0.4) is 0 Å². The van der Waals surface area contributed by atoms with Crippen LogP contribution in [-0.4, -0.2) is 135 Å². The van der Waals surface area contributed by atoms with Gasteiger partial charge in [-0.25, -0.2) is 9.59 Å². The number of quaternary nitrogens is 2. The lowest BCUT2D eigenvalue weighted by Gasteiger charge is -2.35. The number of carbonyl (C=O) groups excluding carboxylic acids is 4. The molecule has 0 aliphatic heterocycles. The van der Waals surface area contributed by atoms with Crippen molar-refractivity contribution < 1.29 is 84.4 Å². The summed E-state index contributed by atoms with van der Waals surface area (Å²) in [5.74, 6) is -6.54. The second kappa shape index (κ2) is 43.1. The van der Waals surface area contributed by atoms with Gasteiger partial charge in [0.2, 0.25) is 12.1 Å². The van der Waals surface area contributed by atoms with E-state index in [4.69, 9.17) is 29.3 Å². The van der Waals surface area contributed by atoms with Gasteiger partial charge in [0.25, 0.3) is 0 Å². The number of aliphatic carboxylic acids is 2. The van der Waals surface area contributed by atoms with Gasteiger partial charge in [-0.05, 0) is 38.5 Å². The van der Waals surface area contributed by atoms with E-state index in [1.165, 1.54) is 141 Å². The largest absolute Gasteiger partial charge is 0.542 e. The first-order valence-electron chi connectivity index (χ1n) is 25.7. The number of unbranched alkanes of at least 4 members (excludes halogenated alkanes) is 27. The molecule has 0 fully saturated rings. The van der Waals surface area contributed by atoms with E-state index in [1.807, 2.05) is 28.2 Å². The van der Waals surface area contributed by atoms with Crippen LogP contribution in [-0.2, 0) is 28.7 Å². The fourth-order valence-corrected chi connectivity index (χ4v) is 7.64. The fourth-order valence-electron chi connectivity index (χ4n) is 7.64. The van der Waals surface area contributed by atoms with Crippen LogP contribution in [0.4, 0.5) is 26.3 Å². The summed E-state index contributed by atoms with van der Waals surface area (Å²) in [4.78, 5) is 43.1. The second-order valence-corrected chi connectivity index (χ2v) is 19.2. The number of aliphatic hydroxyl groups is 2. The van der Waals surface area contributed by atoms with Gasteiger partial charge in [0.05, 0.1) is 54.5 Å². The molecule has 0 spiro atoms. The van der Waals surface area contributed by atoms with Crippen molar-refractivity contribution in [2.45, 2.75) is 231 Å². The first-order chi connectivity index (χ1) is 32.0. The molecule has 2 atom stereocenters. The fraction of sp³-hybridized carbons (Fsp3) is 0.920. The topological polar surface area (TPSA) is 173 Å². The highest BCUT2D eigenvalue weighted by molar-refractivity contribution is 5.75. The van der Waals surface area contributed by atoms with Crippen LogP contribution in [0.1, 0.15) is 206 Å². The summed E-state index contributed by atoms with van der Waals surface area (Å²) in [5.41, 5.74) is 0. The van der Waals surface area contributed by atoms with Crippen LogP contribution < -0.4 is 10.2 Å². The Morgan fingerprint density at radius 2 is 0.603 bits per heavy atom. The molecule has 0 aromatic heterocycles. The lowest BCUT2D eigenvalue weighted by molar-refractivity contribution is -0.907. The smallest absolute Gasteiger partial charge is 0.430 e. The molecule has 68 heavy (non-hydrogen) atoms. The molecule has 0 aliphatic rings. The lowest BCUT2D eigenvalue weighted by atomic mass is 10.1. The third-order valence-corrected chi connectivity index (χ3v) is 12.2. The maximum absolute atomic E-state index is 12.8. The Morgan fingerprint density at radius 1 is 0.412 bits per heavy atom. The van der Waals surface area contributed by atoms with Gasteiger partial charge in [-0.15, -0.1) is 0 Å². The minimum Gasteiger partial charge on any atom is -0.542 e. The van der Waals surface area contributed by atoms with E-state index in [2.05, 4.69) is 13.8 Å². The number of nitrogens with zero attached hydrogens (tertiary/aromatic N) is 2. The van der Waals surface area contributed by atoms with Gasteiger partial charge in [-0.1, -0.05) is 168 Å². The number of ether oxygens (including phenoxy) is 2. The molecule has 12 nitrogen and oxygen atoms in total. The highest BCUT2D eigenvalue weighted by atomic mass is 19.4. The highest BCUT2D eigenvalue weighted by Crippen LogP contribution is 2.18. The molecule has 0 unspecified atom stereocenters. The summed E-state index contributed by atoms with van der Waals surface area (Å²) in [6.07, 6.45) is 26.4. The Hall–Kier alpha value is -2.70. The minimum atomic E-state index is -5.19. The molecule has 0 heterocycles. The molecule has 0 rings (SSSR count). The predicted octanol–water partition coefficient (Wildman–Crippen LogP) is 9.29. The van der Waals surface area contributed by atoms with Gasteiger partial charge >= 0.3 is 24.3 Å². The molecule has 0 saturated carbocycles. The zero-order chi connectivity index (χ0) is 52.3. The summed E-state index contributed by atoms with van der Waals surface area (Å²) in [6, 6.07) is -1.02. The van der Waals surface area contributed by atoms with E-state index in [0.29, 0.717) is 22.2 Å². The molecule has 18 heteroatoms. The van der Waals surface area contributed by atoms with Crippen molar-refractivity contribution >= 4 is 23.9 Å². The van der Waals surface area contributed by atoms with Gasteiger partial charge in [0, 0.05) is 0 Å². The quantitative estimate of drug-likeness (QED) is 0.0260. The number of halogens is 6. The van der Waals surface area contributed by atoms with Crippen molar-refractivity contribution in [2.24, 2.45) is 0 Å². The monoisotopic (exact) mass is 997 g/mol. The third-order valence-electron chi connectivity index (χ3n) is 12.2. The van der Waals surface area contributed by atoms with Crippen molar-refractivity contribution in [1.82, 2.24) is 0 Å². The van der Waals surface area contributed by atoms with Crippen molar-refractivity contribution in [1.29, 1.82) is 0 Å². The number of alkyl halides is 6. The average Bonchev–Trinajstić information content (AvgIpc) is 3.25. The molecule has 0 aliphatic carbocycles. The first-order valence-corrected chi connectivity index (χ1v) is 25.7. The van der Waals surface area contributed by atoms with E-state index in [9.17, 15) is 46.1 Å². The summed E-state index contributed by atoms with van der Waals surface area (Å²) < 4.78 is 75.3. The summed E-state index contributed by atoms with van der Waals surface area (Å²) in [5, 5.41) is 37.6.